The molecule has 2 heterocycles. The van der Waals surface area contributed by atoms with Gasteiger partial charge >= 0.3 is 0 Å². The van der Waals surface area contributed by atoms with E-state index >= 15 is 0 Å². The summed E-state index contributed by atoms with van der Waals surface area (Å²) in [4.78, 5) is 35.9. The van der Waals surface area contributed by atoms with Crippen molar-refractivity contribution < 1.29 is 27.5 Å². The van der Waals surface area contributed by atoms with Crippen LogP contribution in [0.25, 0.3) is 10.8 Å². The summed E-state index contributed by atoms with van der Waals surface area (Å²) in [6.07, 6.45) is 4.17. The van der Waals surface area contributed by atoms with Gasteiger partial charge < -0.3 is 14.8 Å². The molecule has 1 saturated heterocycles. The Hall–Kier alpha value is -4.59. The van der Waals surface area contributed by atoms with E-state index in [1.54, 1.807) is 36.5 Å². The normalized spacial score (nSPS) is 14.2. The maximum absolute atomic E-state index is 13.8. The predicted octanol–water partition coefficient (Wildman–Crippen LogP) is 4.51. The molecule has 1 aliphatic heterocycles. The van der Waals surface area contributed by atoms with E-state index in [0.717, 1.165) is 22.9 Å². The van der Waals surface area contributed by atoms with E-state index < -0.39 is 27.1 Å². The van der Waals surface area contributed by atoms with E-state index in [0.29, 0.717) is 37.5 Å². The number of amides is 1. The van der Waals surface area contributed by atoms with Crippen LogP contribution in [-0.4, -0.2) is 74.8 Å². The Morgan fingerprint density at radius 1 is 1.00 bits per heavy atom. The summed E-state index contributed by atoms with van der Waals surface area (Å²) < 4.78 is 37.8. The number of anilines is 4. The number of fused-ring (bicyclic) bond motifs is 1. The van der Waals surface area contributed by atoms with E-state index in [1.807, 2.05) is 50.0 Å². The third-order valence-electron chi connectivity index (χ3n) is 7.34. The van der Waals surface area contributed by atoms with Crippen molar-refractivity contribution in [3.8, 4) is 5.75 Å². The molecule has 0 saturated carbocycles. The lowest BCUT2D eigenvalue weighted by atomic mass is 9.86. The number of rotatable bonds is 9. The number of nitrogens with one attached hydrogen (secondary N) is 2. The standard InChI is InChI=1S/C32H36N6O6S/c1-32(2,3)21-18-25(30(43-4)26(19-21)36-45(5,41)42)35-31(40)29(39)24-10-11-27(23-9-7-6-8-22(23)24)38(28-12-13-33-20-34-28)37-14-16-44-17-15-37/h6-13,18-20,36H,14-17H2,1-5H3,(H,35,40). The van der Waals surface area contributed by atoms with Crippen molar-refractivity contribution in [2.45, 2.75) is 26.2 Å². The highest BCUT2D eigenvalue weighted by molar-refractivity contribution is 7.92. The van der Waals surface area contributed by atoms with Gasteiger partial charge in [-0.05, 0) is 40.6 Å². The monoisotopic (exact) mass is 632 g/mol. The molecule has 0 radical (unpaired) electrons. The highest BCUT2D eigenvalue weighted by Gasteiger charge is 2.28. The molecule has 5 rings (SSSR count). The van der Waals surface area contributed by atoms with Gasteiger partial charge in [0.25, 0.3) is 11.7 Å². The van der Waals surface area contributed by atoms with Crippen molar-refractivity contribution in [1.82, 2.24) is 15.0 Å². The molecule has 0 atom stereocenters. The second-order valence-corrected chi connectivity index (χ2v) is 13.4. The molecule has 13 heteroatoms. The van der Waals surface area contributed by atoms with Crippen LogP contribution in [-0.2, 0) is 25.0 Å². The van der Waals surface area contributed by atoms with Gasteiger partial charge in [-0.15, -0.1) is 0 Å². The topological polar surface area (TPSA) is 143 Å². The van der Waals surface area contributed by atoms with Gasteiger partial charge in [-0.25, -0.2) is 23.4 Å². The first-order valence-corrected chi connectivity index (χ1v) is 16.2. The first-order valence-electron chi connectivity index (χ1n) is 14.3. The first-order chi connectivity index (χ1) is 21.4. The molecular weight excluding hydrogens is 596 g/mol. The third kappa shape index (κ3) is 7.06. The fourth-order valence-corrected chi connectivity index (χ4v) is 5.75. The number of hydrazine groups is 1. The molecule has 1 aromatic heterocycles. The Morgan fingerprint density at radius 3 is 2.31 bits per heavy atom. The van der Waals surface area contributed by atoms with E-state index in [9.17, 15) is 18.0 Å². The minimum Gasteiger partial charge on any atom is -0.492 e. The minimum atomic E-state index is -3.67. The number of carbonyl (C=O) groups is 2. The van der Waals surface area contributed by atoms with Gasteiger partial charge in [0.05, 0.1) is 43.6 Å². The van der Waals surface area contributed by atoms with Crippen LogP contribution in [0.15, 0.2) is 67.1 Å². The molecular formula is C32H36N6O6S. The molecule has 236 valence electrons. The number of ketones is 1. The Labute approximate surface area is 262 Å². The Kier molecular flexibility index (Phi) is 9.05. The number of morpholine rings is 1. The highest BCUT2D eigenvalue weighted by atomic mass is 32.2. The van der Waals surface area contributed by atoms with Crippen LogP contribution < -0.4 is 19.8 Å². The lowest BCUT2D eigenvalue weighted by Crippen LogP contribution is -2.47. The lowest BCUT2D eigenvalue weighted by molar-refractivity contribution is -0.112. The smallest absolute Gasteiger partial charge is 0.296 e. The molecule has 1 fully saturated rings. The Balaban J connectivity index is 1.55. The minimum absolute atomic E-state index is 0.0841. The van der Waals surface area contributed by atoms with Crippen LogP contribution in [0.1, 0.15) is 36.7 Å². The van der Waals surface area contributed by atoms with Crippen LogP contribution in [0.5, 0.6) is 5.75 Å². The fourth-order valence-electron chi connectivity index (χ4n) is 5.20. The maximum atomic E-state index is 13.8. The van der Waals surface area contributed by atoms with Gasteiger partial charge in [0.2, 0.25) is 10.0 Å². The van der Waals surface area contributed by atoms with E-state index in [4.69, 9.17) is 9.47 Å². The molecule has 0 unspecified atom stereocenters. The third-order valence-corrected chi connectivity index (χ3v) is 7.93. The number of hydrogen-bond donors (Lipinski definition) is 2. The van der Waals surface area contributed by atoms with Crippen molar-refractivity contribution in [2.24, 2.45) is 0 Å². The lowest BCUT2D eigenvalue weighted by Gasteiger charge is -2.38. The quantitative estimate of drug-likeness (QED) is 0.200. The molecule has 2 N–H and O–H groups in total. The van der Waals surface area contributed by atoms with Crippen LogP contribution in [0.4, 0.5) is 22.9 Å². The number of nitrogens with zero attached hydrogens (tertiary/aromatic N) is 4. The van der Waals surface area contributed by atoms with Crippen molar-refractivity contribution in [3.05, 3.63) is 78.2 Å². The van der Waals surface area contributed by atoms with Crippen molar-refractivity contribution in [2.75, 3.05) is 54.7 Å². The molecule has 3 aromatic carbocycles. The summed E-state index contributed by atoms with van der Waals surface area (Å²) in [5, 5.41) is 8.11. The maximum Gasteiger partial charge on any atom is 0.296 e. The summed E-state index contributed by atoms with van der Waals surface area (Å²) in [6.45, 7) is 8.22. The Bertz CT molecular complexity index is 1840. The largest absolute Gasteiger partial charge is 0.492 e. The molecule has 1 aliphatic rings. The Morgan fingerprint density at radius 2 is 1.69 bits per heavy atom. The van der Waals surface area contributed by atoms with E-state index in [2.05, 4.69) is 25.0 Å². The fraction of sp³-hybridized carbons (Fsp3) is 0.312. The van der Waals surface area contributed by atoms with E-state index in [-0.39, 0.29) is 22.7 Å². The van der Waals surface area contributed by atoms with Crippen LogP contribution in [0.2, 0.25) is 0 Å². The van der Waals surface area contributed by atoms with Crippen molar-refractivity contribution in [3.63, 3.8) is 0 Å². The second-order valence-electron chi connectivity index (χ2n) is 11.6. The molecule has 45 heavy (non-hydrogen) atoms. The average Bonchev–Trinajstić information content (AvgIpc) is 3.00. The molecule has 1 amide bonds. The summed E-state index contributed by atoms with van der Waals surface area (Å²) in [6, 6.07) is 16.0. The zero-order valence-electron chi connectivity index (χ0n) is 25.8. The number of methoxy groups -OCH3 is 1. The highest BCUT2D eigenvalue weighted by Crippen LogP contribution is 2.40. The van der Waals surface area contributed by atoms with Gasteiger partial charge in [0.15, 0.2) is 11.6 Å². The van der Waals surface area contributed by atoms with Gasteiger partial charge in [0.1, 0.15) is 6.33 Å². The number of hydrogen-bond acceptors (Lipinski definition) is 10. The van der Waals surface area contributed by atoms with Gasteiger partial charge in [-0.3, -0.25) is 19.3 Å². The number of benzene rings is 3. The number of Topliss-reactive ketones (excluding diaryl/α,β-unsaturated/α-hetero) is 1. The summed E-state index contributed by atoms with van der Waals surface area (Å²) in [5.74, 6) is -0.930. The zero-order chi connectivity index (χ0) is 32.4. The van der Waals surface area contributed by atoms with Crippen LogP contribution in [0.3, 0.4) is 0 Å². The SMILES string of the molecule is COc1c(NC(=O)C(=O)c2ccc(N(c3ccncn3)N3CCOCC3)c3ccccc23)cc(C(C)(C)C)cc1NS(C)(=O)=O. The second kappa shape index (κ2) is 12.8. The average molecular weight is 633 g/mol. The zero-order valence-corrected chi connectivity index (χ0v) is 26.6. The summed E-state index contributed by atoms with van der Waals surface area (Å²) in [5.41, 5.74) is 1.61. The van der Waals surface area contributed by atoms with Gasteiger partial charge in [0, 0.05) is 36.3 Å². The van der Waals surface area contributed by atoms with Crippen LogP contribution in [0, 0.1) is 0 Å². The molecule has 0 aliphatic carbocycles. The number of carbonyl (C=O) groups excluding carboxylic acids is 2. The van der Waals surface area contributed by atoms with Gasteiger partial charge in [-0.2, -0.15) is 0 Å². The number of sulfonamides is 1. The number of aromatic nitrogens is 2. The molecule has 0 spiro atoms. The van der Waals surface area contributed by atoms with E-state index in [1.165, 1.54) is 13.4 Å². The number of ether oxygens (including phenoxy) is 2. The molecule has 4 aromatic rings. The first kappa shape index (κ1) is 31.8. The molecule has 12 nitrogen and oxygen atoms in total. The summed E-state index contributed by atoms with van der Waals surface area (Å²) in [7, 11) is -2.31. The van der Waals surface area contributed by atoms with Gasteiger partial charge in [-0.1, -0.05) is 45.0 Å². The van der Waals surface area contributed by atoms with Crippen LogP contribution >= 0.6 is 0 Å². The van der Waals surface area contributed by atoms with Crippen molar-refractivity contribution in [1.29, 1.82) is 0 Å². The van der Waals surface area contributed by atoms with Crippen molar-refractivity contribution >= 4 is 55.4 Å². The molecule has 0 bridgehead atoms. The summed E-state index contributed by atoms with van der Waals surface area (Å²) >= 11 is 0. The predicted molar refractivity (Wildman–Crippen MR) is 174 cm³/mol.